The van der Waals surface area contributed by atoms with Crippen molar-refractivity contribution in [3.05, 3.63) is 29.8 Å². The molecule has 1 aliphatic heterocycles. The molecular formula is C15H25N3O2S. The normalized spacial score (nSPS) is 22.1. The molecule has 3 N–H and O–H groups in total. The van der Waals surface area contributed by atoms with Crippen molar-refractivity contribution in [3.8, 4) is 0 Å². The minimum Gasteiger partial charge on any atom is -0.324 e. The Kier molecular flexibility index (Phi) is 5.37. The van der Waals surface area contributed by atoms with Gasteiger partial charge in [0.2, 0.25) is 10.0 Å². The van der Waals surface area contributed by atoms with E-state index in [9.17, 15) is 8.42 Å². The number of sulfonamides is 1. The highest BCUT2D eigenvalue weighted by molar-refractivity contribution is 7.89. The minimum absolute atomic E-state index is 0.174. The predicted molar refractivity (Wildman–Crippen MR) is 84.5 cm³/mol. The van der Waals surface area contributed by atoms with E-state index < -0.39 is 10.0 Å². The third-order valence-electron chi connectivity index (χ3n) is 3.98. The average molecular weight is 311 g/mol. The lowest BCUT2D eigenvalue weighted by Crippen LogP contribution is -2.39. The smallest absolute Gasteiger partial charge is 0.240 e. The summed E-state index contributed by atoms with van der Waals surface area (Å²) in [6, 6.07) is 6.68. The molecule has 0 bridgehead atoms. The first-order chi connectivity index (χ1) is 9.88. The molecule has 1 saturated heterocycles. The molecule has 0 amide bonds. The van der Waals surface area contributed by atoms with Gasteiger partial charge in [0, 0.05) is 19.1 Å². The number of piperidine rings is 1. The molecule has 1 aromatic rings. The SMILES string of the molecule is CC(N)c1cccc(S(=O)(=O)NCC2CCCN(C)C2)c1. The average Bonchev–Trinajstić information content (AvgIpc) is 2.45. The fourth-order valence-electron chi connectivity index (χ4n) is 2.72. The summed E-state index contributed by atoms with van der Waals surface area (Å²) >= 11 is 0. The number of benzene rings is 1. The van der Waals surface area contributed by atoms with Crippen LogP contribution in [0.15, 0.2) is 29.2 Å². The van der Waals surface area contributed by atoms with Gasteiger partial charge in [0.15, 0.2) is 0 Å². The third-order valence-corrected chi connectivity index (χ3v) is 5.40. The van der Waals surface area contributed by atoms with E-state index in [4.69, 9.17) is 5.73 Å². The second kappa shape index (κ2) is 6.87. The van der Waals surface area contributed by atoms with Crippen molar-refractivity contribution in [3.63, 3.8) is 0 Å². The van der Waals surface area contributed by atoms with Crippen LogP contribution in [0.5, 0.6) is 0 Å². The molecule has 0 radical (unpaired) electrons. The van der Waals surface area contributed by atoms with Gasteiger partial charge < -0.3 is 10.6 Å². The summed E-state index contributed by atoms with van der Waals surface area (Å²) in [4.78, 5) is 2.54. The number of nitrogens with one attached hydrogen (secondary N) is 1. The minimum atomic E-state index is -3.46. The second-order valence-electron chi connectivity index (χ2n) is 5.98. The quantitative estimate of drug-likeness (QED) is 0.860. The number of likely N-dealkylation sites (tertiary alicyclic amines) is 1. The van der Waals surface area contributed by atoms with Crippen LogP contribution in [0, 0.1) is 5.92 Å². The van der Waals surface area contributed by atoms with E-state index in [1.165, 1.54) is 0 Å². The van der Waals surface area contributed by atoms with Gasteiger partial charge in [-0.2, -0.15) is 0 Å². The van der Waals surface area contributed by atoms with Crippen LogP contribution in [-0.4, -0.2) is 40.0 Å². The van der Waals surface area contributed by atoms with Gasteiger partial charge in [-0.3, -0.25) is 0 Å². The Morgan fingerprint density at radius 3 is 2.90 bits per heavy atom. The Labute approximate surface area is 127 Å². The van der Waals surface area contributed by atoms with Crippen molar-refractivity contribution in [1.82, 2.24) is 9.62 Å². The monoisotopic (exact) mass is 311 g/mol. The van der Waals surface area contributed by atoms with E-state index in [-0.39, 0.29) is 6.04 Å². The Hall–Kier alpha value is -0.950. The summed E-state index contributed by atoms with van der Waals surface area (Å²) in [6.07, 6.45) is 2.20. The number of nitrogens with zero attached hydrogens (tertiary/aromatic N) is 1. The van der Waals surface area contributed by atoms with Gasteiger partial charge >= 0.3 is 0 Å². The lowest BCUT2D eigenvalue weighted by atomic mass is 9.99. The van der Waals surface area contributed by atoms with Crippen molar-refractivity contribution in [1.29, 1.82) is 0 Å². The molecule has 0 aliphatic carbocycles. The summed E-state index contributed by atoms with van der Waals surface area (Å²) in [7, 11) is -1.38. The van der Waals surface area contributed by atoms with Crippen molar-refractivity contribution >= 4 is 10.0 Å². The summed E-state index contributed by atoms with van der Waals surface area (Å²) in [5.74, 6) is 0.384. The molecule has 0 spiro atoms. The first kappa shape index (κ1) is 16.4. The highest BCUT2D eigenvalue weighted by Crippen LogP contribution is 2.18. The van der Waals surface area contributed by atoms with Gasteiger partial charge in [-0.25, -0.2) is 13.1 Å². The maximum absolute atomic E-state index is 12.4. The lowest BCUT2D eigenvalue weighted by molar-refractivity contribution is 0.211. The molecule has 2 unspecified atom stereocenters. The van der Waals surface area contributed by atoms with E-state index >= 15 is 0 Å². The summed E-state index contributed by atoms with van der Waals surface area (Å²) < 4.78 is 27.5. The third kappa shape index (κ3) is 4.51. The maximum atomic E-state index is 12.4. The summed E-state index contributed by atoms with van der Waals surface area (Å²) in [5, 5.41) is 0. The van der Waals surface area contributed by atoms with Gasteiger partial charge in [0.05, 0.1) is 4.90 Å². The number of rotatable bonds is 5. The van der Waals surface area contributed by atoms with Gasteiger partial charge in [-0.1, -0.05) is 12.1 Å². The van der Waals surface area contributed by atoms with E-state index in [0.29, 0.717) is 17.4 Å². The van der Waals surface area contributed by atoms with Gasteiger partial charge in [-0.15, -0.1) is 0 Å². The second-order valence-corrected chi connectivity index (χ2v) is 7.75. The van der Waals surface area contributed by atoms with Crippen LogP contribution in [0.1, 0.15) is 31.4 Å². The first-order valence-electron chi connectivity index (χ1n) is 7.42. The largest absolute Gasteiger partial charge is 0.324 e. The molecule has 1 aliphatic rings. The molecule has 5 nitrogen and oxygen atoms in total. The van der Waals surface area contributed by atoms with Crippen LogP contribution in [0.2, 0.25) is 0 Å². The molecule has 1 heterocycles. The van der Waals surface area contributed by atoms with E-state index in [2.05, 4.69) is 16.7 Å². The van der Waals surface area contributed by atoms with E-state index in [1.54, 1.807) is 18.2 Å². The Balaban J connectivity index is 2.03. The highest BCUT2D eigenvalue weighted by Gasteiger charge is 2.21. The fraction of sp³-hybridized carbons (Fsp3) is 0.600. The summed E-state index contributed by atoms with van der Waals surface area (Å²) in [6.45, 7) is 4.38. The molecule has 6 heteroatoms. The van der Waals surface area contributed by atoms with Crippen LogP contribution >= 0.6 is 0 Å². The Bertz CT molecular complexity index is 572. The molecule has 21 heavy (non-hydrogen) atoms. The molecule has 0 aromatic heterocycles. The standard InChI is InChI=1S/C15H25N3O2S/c1-12(16)14-6-3-7-15(9-14)21(19,20)17-10-13-5-4-8-18(2)11-13/h3,6-7,9,12-13,17H,4-5,8,10-11,16H2,1-2H3. The molecule has 1 fully saturated rings. The number of hydrogen-bond acceptors (Lipinski definition) is 4. The zero-order chi connectivity index (χ0) is 15.5. The van der Waals surface area contributed by atoms with Crippen molar-refractivity contribution in [2.45, 2.75) is 30.7 Å². The van der Waals surface area contributed by atoms with E-state index in [1.807, 2.05) is 13.0 Å². The predicted octanol–water partition coefficient (Wildman–Crippen LogP) is 1.33. The van der Waals surface area contributed by atoms with Gasteiger partial charge in [-0.05, 0) is 57.0 Å². The van der Waals surface area contributed by atoms with Gasteiger partial charge in [0.25, 0.3) is 0 Å². The van der Waals surface area contributed by atoms with E-state index in [0.717, 1.165) is 31.5 Å². The van der Waals surface area contributed by atoms with Crippen LogP contribution in [0.4, 0.5) is 0 Å². The van der Waals surface area contributed by atoms with Crippen molar-refractivity contribution in [2.75, 3.05) is 26.7 Å². The fourth-order valence-corrected chi connectivity index (χ4v) is 3.89. The lowest BCUT2D eigenvalue weighted by Gasteiger charge is -2.29. The topological polar surface area (TPSA) is 75.4 Å². The molecule has 2 rings (SSSR count). The molecule has 0 saturated carbocycles. The summed E-state index contributed by atoms with van der Waals surface area (Å²) in [5.41, 5.74) is 6.64. The maximum Gasteiger partial charge on any atom is 0.240 e. The zero-order valence-electron chi connectivity index (χ0n) is 12.7. The van der Waals surface area contributed by atoms with Crippen LogP contribution in [0.25, 0.3) is 0 Å². The molecular weight excluding hydrogens is 286 g/mol. The number of hydrogen-bond donors (Lipinski definition) is 2. The molecule has 1 aromatic carbocycles. The highest BCUT2D eigenvalue weighted by atomic mass is 32.2. The first-order valence-corrected chi connectivity index (χ1v) is 8.90. The Morgan fingerprint density at radius 2 is 2.24 bits per heavy atom. The van der Waals surface area contributed by atoms with Crippen LogP contribution in [0.3, 0.4) is 0 Å². The van der Waals surface area contributed by atoms with Gasteiger partial charge in [0.1, 0.15) is 0 Å². The zero-order valence-corrected chi connectivity index (χ0v) is 13.6. The molecule has 118 valence electrons. The Morgan fingerprint density at radius 1 is 1.48 bits per heavy atom. The molecule has 2 atom stereocenters. The van der Waals surface area contributed by atoms with Crippen LogP contribution in [-0.2, 0) is 10.0 Å². The number of nitrogens with two attached hydrogens (primary N) is 1. The van der Waals surface area contributed by atoms with Crippen LogP contribution < -0.4 is 10.5 Å². The van der Waals surface area contributed by atoms with Crippen molar-refractivity contribution in [2.24, 2.45) is 11.7 Å². The van der Waals surface area contributed by atoms with Crippen molar-refractivity contribution < 1.29 is 8.42 Å².